The molecule has 29 heavy (non-hydrogen) atoms. The minimum Gasteiger partial charge on any atom is -0.337 e. The summed E-state index contributed by atoms with van der Waals surface area (Å²) in [6, 6.07) is 9.85. The Morgan fingerprint density at radius 1 is 1.14 bits per heavy atom. The van der Waals surface area contributed by atoms with Crippen LogP contribution in [0.5, 0.6) is 0 Å². The van der Waals surface area contributed by atoms with Crippen LogP contribution in [-0.4, -0.2) is 57.0 Å². The molecule has 0 radical (unpaired) electrons. The number of aromatic nitrogens is 3. The number of halogens is 1. The first-order valence-electron chi connectivity index (χ1n) is 9.56. The normalized spacial score (nSPS) is 16.0. The van der Waals surface area contributed by atoms with Gasteiger partial charge >= 0.3 is 0 Å². The summed E-state index contributed by atoms with van der Waals surface area (Å²) in [4.78, 5) is 25.5. The molecule has 1 fully saturated rings. The van der Waals surface area contributed by atoms with Crippen LogP contribution in [0.15, 0.2) is 51.7 Å². The van der Waals surface area contributed by atoms with Crippen LogP contribution in [0.25, 0.3) is 11.4 Å². The summed E-state index contributed by atoms with van der Waals surface area (Å²) in [5.74, 6) is 1.20. The molecule has 7 nitrogen and oxygen atoms in total. The Balaban J connectivity index is 1.38. The Hall–Kier alpha value is -2.58. The quantitative estimate of drug-likeness (QED) is 0.596. The number of carbonyl (C=O) groups is 1. The number of aryl methyl sites for hydroxylation is 1. The van der Waals surface area contributed by atoms with Crippen molar-refractivity contribution in [3.05, 3.63) is 64.2 Å². The second kappa shape index (κ2) is 8.42. The number of hydrogen-bond donors (Lipinski definition) is 0. The van der Waals surface area contributed by atoms with E-state index in [1.807, 2.05) is 36.1 Å². The molecular formula is C21H22BrN5O2. The first-order valence-corrected chi connectivity index (χ1v) is 10.3. The van der Waals surface area contributed by atoms with Gasteiger partial charge in [0.25, 0.3) is 5.91 Å². The predicted molar refractivity (Wildman–Crippen MR) is 112 cm³/mol. The third kappa shape index (κ3) is 4.38. The van der Waals surface area contributed by atoms with Gasteiger partial charge in [-0.3, -0.25) is 14.7 Å². The topological polar surface area (TPSA) is 75.4 Å². The van der Waals surface area contributed by atoms with Crippen LogP contribution < -0.4 is 0 Å². The highest BCUT2D eigenvalue weighted by Gasteiger charge is 2.28. The maximum atomic E-state index is 12.7. The van der Waals surface area contributed by atoms with Crippen molar-refractivity contribution in [3.8, 4) is 11.4 Å². The highest BCUT2D eigenvalue weighted by atomic mass is 79.9. The standard InChI is InChI=1S/C21H22BrN5O2/c1-14-3-5-16(6-4-14)19-24-20(29-25-19)15(2)26-7-9-27(10-8-26)21(28)17-11-18(22)13-23-12-17/h3-6,11-13,15H,7-10H2,1-2H3. The summed E-state index contributed by atoms with van der Waals surface area (Å²) in [6.07, 6.45) is 3.28. The van der Waals surface area contributed by atoms with Gasteiger partial charge in [0.05, 0.1) is 11.6 Å². The van der Waals surface area contributed by atoms with E-state index in [0.29, 0.717) is 30.4 Å². The molecule has 0 aliphatic carbocycles. The first-order chi connectivity index (χ1) is 14.0. The number of nitrogens with zero attached hydrogens (tertiary/aromatic N) is 5. The SMILES string of the molecule is Cc1ccc(-c2noc(C(C)N3CCN(C(=O)c4cncc(Br)c4)CC3)n2)cc1. The fourth-order valence-corrected chi connectivity index (χ4v) is 3.77. The van der Waals surface area contributed by atoms with Crippen molar-refractivity contribution in [2.75, 3.05) is 26.2 Å². The summed E-state index contributed by atoms with van der Waals surface area (Å²) >= 11 is 3.37. The zero-order chi connectivity index (χ0) is 20.4. The van der Waals surface area contributed by atoms with Gasteiger partial charge in [-0.1, -0.05) is 35.0 Å². The largest absolute Gasteiger partial charge is 0.337 e. The highest BCUT2D eigenvalue weighted by Crippen LogP contribution is 2.24. The number of amides is 1. The maximum absolute atomic E-state index is 12.7. The molecule has 1 aromatic carbocycles. The summed E-state index contributed by atoms with van der Waals surface area (Å²) < 4.78 is 6.33. The molecule has 0 bridgehead atoms. The van der Waals surface area contributed by atoms with Crippen LogP contribution in [0.1, 0.15) is 34.8 Å². The Labute approximate surface area is 177 Å². The number of piperazine rings is 1. The Morgan fingerprint density at radius 3 is 2.55 bits per heavy atom. The average molecular weight is 456 g/mol. The summed E-state index contributed by atoms with van der Waals surface area (Å²) in [5, 5.41) is 4.13. The monoisotopic (exact) mass is 455 g/mol. The van der Waals surface area contributed by atoms with Gasteiger partial charge in [-0.05, 0) is 35.8 Å². The smallest absolute Gasteiger partial charge is 0.255 e. The van der Waals surface area contributed by atoms with E-state index < -0.39 is 0 Å². The minimum absolute atomic E-state index is 0.00514. The summed E-state index contributed by atoms with van der Waals surface area (Å²) in [6.45, 7) is 6.89. The van der Waals surface area contributed by atoms with Crippen LogP contribution in [0.2, 0.25) is 0 Å². The number of rotatable bonds is 4. The highest BCUT2D eigenvalue weighted by molar-refractivity contribution is 9.10. The van der Waals surface area contributed by atoms with E-state index in [1.54, 1.807) is 18.5 Å². The molecule has 1 saturated heterocycles. The van der Waals surface area contributed by atoms with Crippen LogP contribution in [-0.2, 0) is 0 Å². The maximum Gasteiger partial charge on any atom is 0.255 e. The number of hydrogen-bond acceptors (Lipinski definition) is 6. The Kier molecular flexibility index (Phi) is 5.73. The molecule has 1 amide bonds. The fourth-order valence-electron chi connectivity index (χ4n) is 3.40. The Bertz CT molecular complexity index is 996. The molecule has 1 atom stereocenters. The van der Waals surface area contributed by atoms with Crippen molar-refractivity contribution in [2.45, 2.75) is 19.9 Å². The van der Waals surface area contributed by atoms with Crippen molar-refractivity contribution < 1.29 is 9.32 Å². The number of carbonyl (C=O) groups excluding carboxylic acids is 1. The van der Waals surface area contributed by atoms with Crippen LogP contribution >= 0.6 is 15.9 Å². The van der Waals surface area contributed by atoms with Gasteiger partial charge in [-0.2, -0.15) is 4.98 Å². The molecule has 150 valence electrons. The number of pyridine rings is 1. The average Bonchev–Trinajstić information content (AvgIpc) is 3.23. The minimum atomic E-state index is -0.00788. The lowest BCUT2D eigenvalue weighted by molar-refractivity contribution is 0.0551. The second-order valence-corrected chi connectivity index (χ2v) is 8.13. The van der Waals surface area contributed by atoms with E-state index in [4.69, 9.17) is 4.52 Å². The predicted octanol–water partition coefficient (Wildman–Crippen LogP) is 3.72. The molecule has 4 rings (SSSR count). The van der Waals surface area contributed by atoms with Gasteiger partial charge < -0.3 is 9.42 Å². The lowest BCUT2D eigenvalue weighted by Crippen LogP contribution is -2.49. The van der Waals surface area contributed by atoms with E-state index in [0.717, 1.165) is 23.1 Å². The number of benzene rings is 1. The van der Waals surface area contributed by atoms with Crippen molar-refractivity contribution in [1.82, 2.24) is 24.9 Å². The first kappa shape index (κ1) is 19.7. The molecule has 3 heterocycles. The molecule has 0 N–H and O–H groups in total. The molecule has 3 aromatic rings. The third-order valence-electron chi connectivity index (χ3n) is 5.21. The van der Waals surface area contributed by atoms with Crippen molar-refractivity contribution in [1.29, 1.82) is 0 Å². The van der Waals surface area contributed by atoms with E-state index in [1.165, 1.54) is 5.56 Å². The van der Waals surface area contributed by atoms with E-state index in [9.17, 15) is 4.79 Å². The van der Waals surface area contributed by atoms with E-state index in [-0.39, 0.29) is 11.9 Å². The van der Waals surface area contributed by atoms with Gasteiger partial charge in [0.1, 0.15) is 0 Å². The second-order valence-electron chi connectivity index (χ2n) is 7.22. The molecule has 8 heteroatoms. The van der Waals surface area contributed by atoms with Gasteiger partial charge in [0.2, 0.25) is 11.7 Å². The van der Waals surface area contributed by atoms with Crippen LogP contribution in [0.3, 0.4) is 0 Å². The molecule has 2 aromatic heterocycles. The zero-order valence-electron chi connectivity index (χ0n) is 16.4. The summed E-state index contributed by atoms with van der Waals surface area (Å²) in [7, 11) is 0. The molecule has 1 unspecified atom stereocenters. The van der Waals surface area contributed by atoms with Gasteiger partial charge in [0.15, 0.2) is 0 Å². The molecular weight excluding hydrogens is 434 g/mol. The molecule has 0 saturated carbocycles. The van der Waals surface area contributed by atoms with Gasteiger partial charge in [-0.15, -0.1) is 0 Å². The van der Waals surface area contributed by atoms with Crippen molar-refractivity contribution >= 4 is 21.8 Å². The fraction of sp³-hybridized carbons (Fsp3) is 0.333. The molecule has 0 spiro atoms. The van der Waals surface area contributed by atoms with Gasteiger partial charge in [0, 0.05) is 48.6 Å². The molecule has 1 aliphatic rings. The van der Waals surface area contributed by atoms with Crippen molar-refractivity contribution in [2.24, 2.45) is 0 Å². The third-order valence-corrected chi connectivity index (χ3v) is 5.64. The molecule has 1 aliphatic heterocycles. The van der Waals surface area contributed by atoms with E-state index in [2.05, 4.69) is 42.9 Å². The van der Waals surface area contributed by atoms with Crippen LogP contribution in [0.4, 0.5) is 0 Å². The lowest BCUT2D eigenvalue weighted by Gasteiger charge is -2.36. The lowest BCUT2D eigenvalue weighted by atomic mass is 10.1. The van der Waals surface area contributed by atoms with Crippen LogP contribution in [0, 0.1) is 6.92 Å². The summed E-state index contributed by atoms with van der Waals surface area (Å²) in [5.41, 5.74) is 2.73. The van der Waals surface area contributed by atoms with Gasteiger partial charge in [-0.25, -0.2) is 0 Å². The Morgan fingerprint density at radius 2 is 1.86 bits per heavy atom. The van der Waals surface area contributed by atoms with Crippen molar-refractivity contribution in [3.63, 3.8) is 0 Å². The van der Waals surface area contributed by atoms with E-state index >= 15 is 0 Å². The zero-order valence-corrected chi connectivity index (χ0v) is 18.0.